The monoisotopic (exact) mass is 219 g/mol. The molecule has 16 heavy (non-hydrogen) atoms. The van der Waals surface area contributed by atoms with Crippen LogP contribution in [0.4, 0.5) is 0 Å². The first-order valence-corrected chi connectivity index (χ1v) is 4.79. The molecular formula is C11H9NO4. The number of aromatic nitrogens is 1. The molecule has 0 aliphatic carbocycles. The highest BCUT2D eigenvalue weighted by molar-refractivity contribution is 6.00. The maximum absolute atomic E-state index is 11.5. The number of esters is 1. The number of rotatable bonds is 2. The number of hydrogen-bond donors (Lipinski definition) is 0. The third-order valence-electron chi connectivity index (χ3n) is 2.01. The Kier molecular flexibility index (Phi) is 2.68. The van der Waals surface area contributed by atoms with Crippen molar-refractivity contribution in [2.45, 2.75) is 6.92 Å². The van der Waals surface area contributed by atoms with Crippen LogP contribution in [0.25, 0.3) is 11.0 Å². The van der Waals surface area contributed by atoms with Crippen molar-refractivity contribution < 1.29 is 13.9 Å². The summed E-state index contributed by atoms with van der Waals surface area (Å²) in [6.07, 6.45) is 0. The lowest BCUT2D eigenvalue weighted by Crippen LogP contribution is -2.14. The molecule has 0 atom stereocenters. The van der Waals surface area contributed by atoms with Gasteiger partial charge < -0.3 is 9.15 Å². The Morgan fingerprint density at radius 3 is 2.94 bits per heavy atom. The van der Waals surface area contributed by atoms with Gasteiger partial charge in [0.15, 0.2) is 5.69 Å². The van der Waals surface area contributed by atoms with Crippen LogP contribution in [-0.2, 0) is 4.74 Å². The highest BCUT2D eigenvalue weighted by Gasteiger charge is 2.15. The maximum atomic E-state index is 11.5. The fourth-order valence-corrected chi connectivity index (χ4v) is 1.37. The van der Waals surface area contributed by atoms with Crippen molar-refractivity contribution in [3.63, 3.8) is 0 Å². The average Bonchev–Trinajstić information content (AvgIpc) is 2.28. The Hall–Kier alpha value is -2.17. The largest absolute Gasteiger partial charge is 0.461 e. The van der Waals surface area contributed by atoms with Crippen molar-refractivity contribution in [3.05, 3.63) is 40.5 Å². The van der Waals surface area contributed by atoms with E-state index in [-0.39, 0.29) is 12.3 Å². The summed E-state index contributed by atoms with van der Waals surface area (Å²) >= 11 is 0. The predicted molar refractivity (Wildman–Crippen MR) is 56.2 cm³/mol. The van der Waals surface area contributed by atoms with Crippen LogP contribution in [0.2, 0.25) is 0 Å². The van der Waals surface area contributed by atoms with Crippen LogP contribution in [0, 0.1) is 0 Å². The van der Waals surface area contributed by atoms with Crippen LogP contribution in [0.3, 0.4) is 0 Å². The molecule has 0 unspecified atom stereocenters. The summed E-state index contributed by atoms with van der Waals surface area (Å²) < 4.78 is 9.67. The number of nitrogens with zero attached hydrogens (tertiary/aromatic N) is 1. The van der Waals surface area contributed by atoms with Gasteiger partial charge in [-0.05, 0) is 19.1 Å². The predicted octanol–water partition coefficient (Wildman–Crippen LogP) is 1.36. The lowest BCUT2D eigenvalue weighted by Gasteiger charge is -2.02. The molecular weight excluding hydrogens is 210 g/mol. The number of carbonyl (C=O) groups is 1. The van der Waals surface area contributed by atoms with Crippen LogP contribution in [-0.4, -0.2) is 17.6 Å². The summed E-state index contributed by atoms with van der Waals surface area (Å²) in [6, 6.07) is 6.69. The molecule has 0 bridgehead atoms. The molecule has 0 aliphatic heterocycles. The summed E-state index contributed by atoms with van der Waals surface area (Å²) in [5.74, 6) is -1.42. The van der Waals surface area contributed by atoms with E-state index < -0.39 is 11.7 Å². The van der Waals surface area contributed by atoms with Gasteiger partial charge in [-0.1, -0.05) is 12.1 Å². The van der Waals surface area contributed by atoms with Crippen LogP contribution in [0.15, 0.2) is 33.5 Å². The minimum absolute atomic E-state index is 0.00583. The quantitative estimate of drug-likeness (QED) is 0.713. The summed E-state index contributed by atoms with van der Waals surface area (Å²) in [5, 5.41) is 0.473. The van der Waals surface area contributed by atoms with Crippen molar-refractivity contribution >= 4 is 16.9 Å². The van der Waals surface area contributed by atoms with Crippen molar-refractivity contribution in [2.75, 3.05) is 6.61 Å². The van der Waals surface area contributed by atoms with E-state index in [1.807, 2.05) is 0 Å². The van der Waals surface area contributed by atoms with Gasteiger partial charge >= 0.3 is 11.7 Å². The van der Waals surface area contributed by atoms with Crippen LogP contribution in [0.1, 0.15) is 17.4 Å². The topological polar surface area (TPSA) is 69.4 Å². The second-order valence-corrected chi connectivity index (χ2v) is 3.05. The first-order chi connectivity index (χ1) is 7.72. The summed E-state index contributed by atoms with van der Waals surface area (Å²) in [5.41, 5.74) is 0.319. The van der Waals surface area contributed by atoms with E-state index in [9.17, 15) is 9.59 Å². The van der Waals surface area contributed by atoms with Crippen molar-refractivity contribution in [1.82, 2.24) is 4.98 Å². The molecule has 1 aromatic carbocycles. The smallest absolute Gasteiger partial charge is 0.439 e. The molecule has 0 radical (unpaired) electrons. The third kappa shape index (κ3) is 1.79. The Morgan fingerprint density at radius 1 is 1.44 bits per heavy atom. The zero-order valence-electron chi connectivity index (χ0n) is 8.60. The molecule has 82 valence electrons. The van der Waals surface area contributed by atoms with E-state index in [2.05, 4.69) is 4.98 Å². The second-order valence-electron chi connectivity index (χ2n) is 3.05. The minimum Gasteiger partial charge on any atom is -0.461 e. The molecule has 5 nitrogen and oxygen atoms in total. The van der Waals surface area contributed by atoms with Gasteiger partial charge in [-0.25, -0.2) is 9.59 Å². The van der Waals surface area contributed by atoms with Gasteiger partial charge in [-0.3, -0.25) is 0 Å². The lowest BCUT2D eigenvalue weighted by atomic mass is 10.2. The molecule has 0 saturated carbocycles. The summed E-state index contributed by atoms with van der Waals surface area (Å²) in [6.45, 7) is 1.92. The van der Waals surface area contributed by atoms with Gasteiger partial charge in [0.25, 0.3) is 0 Å². The fourth-order valence-electron chi connectivity index (χ4n) is 1.37. The highest BCUT2D eigenvalue weighted by Crippen LogP contribution is 2.15. The fraction of sp³-hybridized carbons (Fsp3) is 0.182. The van der Waals surface area contributed by atoms with E-state index in [0.29, 0.717) is 11.0 Å². The second kappa shape index (κ2) is 4.14. The Balaban J connectivity index is 2.68. The first-order valence-electron chi connectivity index (χ1n) is 4.79. The molecule has 0 spiro atoms. The van der Waals surface area contributed by atoms with E-state index in [4.69, 9.17) is 9.15 Å². The molecule has 5 heteroatoms. The number of fused-ring (bicyclic) bond motifs is 1. The minimum atomic E-state index is -0.804. The highest BCUT2D eigenvalue weighted by atomic mass is 16.5. The maximum Gasteiger partial charge on any atom is 0.439 e. The molecule has 0 fully saturated rings. The molecule has 1 aromatic heterocycles. The van der Waals surface area contributed by atoms with Gasteiger partial charge in [-0.2, -0.15) is 4.98 Å². The van der Waals surface area contributed by atoms with E-state index in [1.165, 1.54) is 0 Å². The third-order valence-corrected chi connectivity index (χ3v) is 2.01. The van der Waals surface area contributed by atoms with Crippen LogP contribution < -0.4 is 5.76 Å². The zero-order chi connectivity index (χ0) is 11.5. The van der Waals surface area contributed by atoms with Gasteiger partial charge in [0, 0.05) is 0 Å². The average molecular weight is 219 g/mol. The number of benzene rings is 1. The Labute approximate surface area is 90.7 Å². The van der Waals surface area contributed by atoms with E-state index in [0.717, 1.165) is 0 Å². The SMILES string of the molecule is CCOC(=O)c1nc(=O)oc2ccccc12. The first kappa shape index (κ1) is 10.4. The molecule has 0 N–H and O–H groups in total. The molecule has 0 saturated heterocycles. The summed E-state index contributed by atoms with van der Waals surface area (Å²) in [4.78, 5) is 26.2. The Bertz CT molecular complexity index is 588. The molecule has 2 rings (SSSR count). The van der Waals surface area contributed by atoms with E-state index >= 15 is 0 Å². The van der Waals surface area contributed by atoms with Crippen LogP contribution >= 0.6 is 0 Å². The molecule has 2 aromatic rings. The van der Waals surface area contributed by atoms with Gasteiger partial charge in [-0.15, -0.1) is 0 Å². The number of para-hydroxylation sites is 1. The molecule has 0 aliphatic rings. The van der Waals surface area contributed by atoms with Crippen LogP contribution in [0.5, 0.6) is 0 Å². The standard InChI is InChI=1S/C11H9NO4/c1-2-15-10(13)9-7-5-3-4-6-8(7)16-11(14)12-9/h3-6H,2H2,1H3. The lowest BCUT2D eigenvalue weighted by molar-refractivity contribution is 0.0520. The van der Waals surface area contributed by atoms with Gasteiger partial charge in [0.05, 0.1) is 12.0 Å². The zero-order valence-corrected chi connectivity index (χ0v) is 8.60. The molecule has 0 amide bonds. The van der Waals surface area contributed by atoms with Crippen molar-refractivity contribution in [3.8, 4) is 0 Å². The number of hydrogen-bond acceptors (Lipinski definition) is 5. The number of ether oxygens (including phenoxy) is 1. The number of carbonyl (C=O) groups excluding carboxylic acids is 1. The van der Waals surface area contributed by atoms with Gasteiger partial charge in [0.1, 0.15) is 5.58 Å². The summed E-state index contributed by atoms with van der Waals surface area (Å²) in [7, 11) is 0. The Morgan fingerprint density at radius 2 is 2.19 bits per heavy atom. The van der Waals surface area contributed by atoms with Crippen molar-refractivity contribution in [1.29, 1.82) is 0 Å². The van der Waals surface area contributed by atoms with Crippen molar-refractivity contribution in [2.24, 2.45) is 0 Å². The normalized spacial score (nSPS) is 10.3. The molecule has 1 heterocycles. The van der Waals surface area contributed by atoms with E-state index in [1.54, 1.807) is 31.2 Å². The van der Waals surface area contributed by atoms with Gasteiger partial charge in [0.2, 0.25) is 0 Å².